The first-order valence-electron chi connectivity index (χ1n) is 8.85. The van der Waals surface area contributed by atoms with E-state index < -0.39 is 6.10 Å². The number of hydrogen-bond donors (Lipinski definition) is 1. The Balaban J connectivity index is 1.34. The number of anilines is 2. The van der Waals surface area contributed by atoms with Crippen molar-refractivity contribution in [3.05, 3.63) is 54.6 Å². The lowest BCUT2D eigenvalue weighted by molar-refractivity contribution is -0.137. The van der Waals surface area contributed by atoms with Gasteiger partial charge in [0.15, 0.2) is 6.10 Å². The summed E-state index contributed by atoms with van der Waals surface area (Å²) in [7, 11) is 0. The van der Waals surface area contributed by atoms with Crippen LogP contribution in [-0.2, 0) is 9.59 Å². The average Bonchev–Trinajstić information content (AvgIpc) is 2.69. The van der Waals surface area contributed by atoms with Crippen LogP contribution in [0, 0.1) is 0 Å². The van der Waals surface area contributed by atoms with Gasteiger partial charge in [-0.05, 0) is 24.3 Å². The standard InChI is InChI=1S/C20H21N3O3/c24-19(14-18-20(25)21-16-8-4-5-9-17(16)26-18)23-12-10-22(11-13-23)15-6-2-1-3-7-15/h1-9,18H,10-14H2,(H,21,25)/t18-/m0/s1. The van der Waals surface area contributed by atoms with Gasteiger partial charge in [0.1, 0.15) is 5.75 Å². The summed E-state index contributed by atoms with van der Waals surface area (Å²) in [5, 5.41) is 2.80. The Bertz CT molecular complexity index is 801. The predicted molar refractivity (Wildman–Crippen MR) is 99.3 cm³/mol. The first-order chi connectivity index (χ1) is 12.7. The molecule has 26 heavy (non-hydrogen) atoms. The van der Waals surface area contributed by atoms with Gasteiger partial charge in [0, 0.05) is 31.9 Å². The Morgan fingerprint density at radius 1 is 1.00 bits per heavy atom. The fraction of sp³-hybridized carbons (Fsp3) is 0.300. The highest BCUT2D eigenvalue weighted by Crippen LogP contribution is 2.29. The second kappa shape index (κ2) is 7.07. The predicted octanol–water partition coefficient (Wildman–Crippen LogP) is 2.12. The van der Waals surface area contributed by atoms with E-state index in [4.69, 9.17) is 4.74 Å². The summed E-state index contributed by atoms with van der Waals surface area (Å²) in [6.45, 7) is 2.88. The zero-order valence-corrected chi connectivity index (χ0v) is 14.4. The van der Waals surface area contributed by atoms with Crippen LogP contribution in [0.1, 0.15) is 6.42 Å². The minimum atomic E-state index is -0.774. The maximum Gasteiger partial charge on any atom is 0.266 e. The Hall–Kier alpha value is -3.02. The number of para-hydroxylation sites is 3. The Morgan fingerprint density at radius 2 is 1.69 bits per heavy atom. The highest BCUT2D eigenvalue weighted by atomic mass is 16.5. The molecular formula is C20H21N3O3. The average molecular weight is 351 g/mol. The fourth-order valence-electron chi connectivity index (χ4n) is 3.37. The van der Waals surface area contributed by atoms with Crippen molar-refractivity contribution < 1.29 is 14.3 Å². The lowest BCUT2D eigenvalue weighted by Crippen LogP contribution is -2.50. The molecule has 2 heterocycles. The monoisotopic (exact) mass is 351 g/mol. The molecular weight excluding hydrogens is 330 g/mol. The number of carbonyl (C=O) groups is 2. The smallest absolute Gasteiger partial charge is 0.266 e. The van der Waals surface area contributed by atoms with E-state index in [0.29, 0.717) is 24.5 Å². The summed E-state index contributed by atoms with van der Waals surface area (Å²) in [6, 6.07) is 17.4. The van der Waals surface area contributed by atoms with E-state index in [0.717, 1.165) is 13.1 Å². The SMILES string of the molecule is O=C1Nc2ccccc2O[C@H]1CC(=O)N1CCN(c2ccccc2)CC1. The molecule has 2 aliphatic rings. The number of amides is 2. The molecule has 134 valence electrons. The number of nitrogens with zero attached hydrogens (tertiary/aromatic N) is 2. The molecule has 0 spiro atoms. The van der Waals surface area contributed by atoms with Crippen LogP contribution in [0.4, 0.5) is 11.4 Å². The van der Waals surface area contributed by atoms with Gasteiger partial charge in [-0.3, -0.25) is 9.59 Å². The second-order valence-electron chi connectivity index (χ2n) is 6.50. The van der Waals surface area contributed by atoms with Crippen LogP contribution in [0.5, 0.6) is 5.75 Å². The minimum absolute atomic E-state index is 0.0442. The van der Waals surface area contributed by atoms with E-state index in [-0.39, 0.29) is 18.2 Å². The number of piperazine rings is 1. The lowest BCUT2D eigenvalue weighted by Gasteiger charge is -2.36. The summed E-state index contributed by atoms with van der Waals surface area (Å²) in [6.07, 6.45) is -0.713. The lowest BCUT2D eigenvalue weighted by atomic mass is 10.1. The number of ether oxygens (including phenoxy) is 1. The van der Waals surface area contributed by atoms with Crippen LogP contribution < -0.4 is 15.0 Å². The molecule has 6 heteroatoms. The first kappa shape index (κ1) is 16.4. The number of hydrogen-bond acceptors (Lipinski definition) is 4. The van der Waals surface area contributed by atoms with Crippen LogP contribution >= 0.6 is 0 Å². The van der Waals surface area contributed by atoms with E-state index in [1.54, 1.807) is 12.1 Å². The number of benzene rings is 2. The van der Waals surface area contributed by atoms with E-state index in [2.05, 4.69) is 22.3 Å². The third kappa shape index (κ3) is 3.35. The summed E-state index contributed by atoms with van der Waals surface area (Å²) < 4.78 is 5.73. The van der Waals surface area contributed by atoms with Crippen LogP contribution in [0.3, 0.4) is 0 Å². The minimum Gasteiger partial charge on any atom is -0.478 e. The van der Waals surface area contributed by atoms with Gasteiger partial charge in [-0.2, -0.15) is 0 Å². The van der Waals surface area contributed by atoms with Crippen LogP contribution in [-0.4, -0.2) is 49.0 Å². The van der Waals surface area contributed by atoms with Crippen molar-refractivity contribution in [3.8, 4) is 5.75 Å². The molecule has 0 radical (unpaired) electrons. The van der Waals surface area contributed by atoms with Crippen molar-refractivity contribution in [1.29, 1.82) is 0 Å². The summed E-state index contributed by atoms with van der Waals surface area (Å²) in [4.78, 5) is 28.9. The fourth-order valence-corrected chi connectivity index (χ4v) is 3.37. The van der Waals surface area contributed by atoms with Crippen LogP contribution in [0.15, 0.2) is 54.6 Å². The van der Waals surface area contributed by atoms with Crippen molar-refractivity contribution in [2.24, 2.45) is 0 Å². The van der Waals surface area contributed by atoms with Crippen molar-refractivity contribution in [3.63, 3.8) is 0 Å². The van der Waals surface area contributed by atoms with Crippen LogP contribution in [0.25, 0.3) is 0 Å². The Labute approximate surface area is 152 Å². The summed E-state index contributed by atoms with van der Waals surface area (Å²) in [5.74, 6) is 0.302. The van der Waals surface area contributed by atoms with Gasteiger partial charge in [0.2, 0.25) is 5.91 Å². The molecule has 0 saturated carbocycles. The molecule has 1 N–H and O–H groups in total. The zero-order valence-electron chi connectivity index (χ0n) is 14.4. The number of nitrogens with one attached hydrogen (secondary N) is 1. The quantitative estimate of drug-likeness (QED) is 0.920. The van der Waals surface area contributed by atoms with Gasteiger partial charge in [-0.25, -0.2) is 0 Å². The van der Waals surface area contributed by atoms with E-state index in [9.17, 15) is 9.59 Å². The number of fused-ring (bicyclic) bond motifs is 1. The Morgan fingerprint density at radius 3 is 2.46 bits per heavy atom. The molecule has 4 rings (SSSR count). The normalized spacial score (nSPS) is 19.4. The van der Waals surface area contributed by atoms with Gasteiger partial charge in [0.25, 0.3) is 5.91 Å². The number of carbonyl (C=O) groups excluding carboxylic acids is 2. The summed E-state index contributed by atoms with van der Waals surface area (Å²) >= 11 is 0. The molecule has 0 bridgehead atoms. The largest absolute Gasteiger partial charge is 0.478 e. The van der Waals surface area contributed by atoms with Crippen molar-refractivity contribution in [2.45, 2.75) is 12.5 Å². The molecule has 0 aromatic heterocycles. The second-order valence-corrected chi connectivity index (χ2v) is 6.50. The van der Waals surface area contributed by atoms with Gasteiger partial charge >= 0.3 is 0 Å². The number of rotatable bonds is 3. The third-order valence-electron chi connectivity index (χ3n) is 4.82. The molecule has 2 aromatic rings. The Kier molecular flexibility index (Phi) is 4.48. The molecule has 1 fully saturated rings. The highest BCUT2D eigenvalue weighted by molar-refractivity contribution is 5.99. The third-order valence-corrected chi connectivity index (χ3v) is 4.82. The molecule has 0 unspecified atom stereocenters. The highest BCUT2D eigenvalue weighted by Gasteiger charge is 2.32. The van der Waals surface area contributed by atoms with Gasteiger partial charge in [-0.15, -0.1) is 0 Å². The molecule has 2 aromatic carbocycles. The van der Waals surface area contributed by atoms with Crippen LogP contribution in [0.2, 0.25) is 0 Å². The van der Waals surface area contributed by atoms with Crippen molar-refractivity contribution in [1.82, 2.24) is 4.90 Å². The maximum absolute atomic E-state index is 12.6. The van der Waals surface area contributed by atoms with E-state index >= 15 is 0 Å². The van der Waals surface area contributed by atoms with Gasteiger partial charge in [0.05, 0.1) is 12.1 Å². The molecule has 0 aliphatic carbocycles. The summed E-state index contributed by atoms with van der Waals surface area (Å²) in [5.41, 5.74) is 1.82. The molecule has 6 nitrogen and oxygen atoms in total. The first-order valence-corrected chi connectivity index (χ1v) is 8.85. The van der Waals surface area contributed by atoms with Gasteiger partial charge < -0.3 is 19.9 Å². The topological polar surface area (TPSA) is 61.9 Å². The molecule has 2 amide bonds. The molecule has 2 aliphatic heterocycles. The van der Waals surface area contributed by atoms with E-state index in [1.807, 2.05) is 35.2 Å². The van der Waals surface area contributed by atoms with Crippen molar-refractivity contribution >= 4 is 23.2 Å². The zero-order chi connectivity index (χ0) is 17.9. The van der Waals surface area contributed by atoms with E-state index in [1.165, 1.54) is 5.69 Å². The molecule has 1 saturated heterocycles. The van der Waals surface area contributed by atoms with Crippen molar-refractivity contribution in [2.75, 3.05) is 36.4 Å². The molecule has 1 atom stereocenters. The maximum atomic E-state index is 12.6. The van der Waals surface area contributed by atoms with Gasteiger partial charge in [-0.1, -0.05) is 30.3 Å².